The van der Waals surface area contributed by atoms with Gasteiger partial charge in [-0.05, 0) is 29.8 Å². The molecule has 0 fully saturated rings. The van der Waals surface area contributed by atoms with Gasteiger partial charge in [0.25, 0.3) is 0 Å². The summed E-state index contributed by atoms with van der Waals surface area (Å²) in [6, 6.07) is 12.0. The highest BCUT2D eigenvalue weighted by Gasteiger charge is 2.30. The maximum absolute atomic E-state index is 12.6. The fraction of sp³-hybridized carbons (Fsp3) is 0.200. The Morgan fingerprint density at radius 2 is 1.65 bits per heavy atom. The van der Waals surface area contributed by atoms with E-state index in [2.05, 4.69) is 0 Å². The van der Waals surface area contributed by atoms with Gasteiger partial charge in [-0.2, -0.15) is 13.2 Å². The van der Waals surface area contributed by atoms with Crippen LogP contribution in [0.3, 0.4) is 0 Å². The van der Waals surface area contributed by atoms with E-state index in [9.17, 15) is 13.2 Å². The number of benzene rings is 2. The second-order valence-corrected chi connectivity index (χ2v) is 4.17. The zero-order chi connectivity index (χ0) is 14.6. The van der Waals surface area contributed by atoms with Gasteiger partial charge in [-0.15, -0.1) is 0 Å². The first-order valence-electron chi connectivity index (χ1n) is 5.92. The number of rotatable bonds is 4. The highest BCUT2D eigenvalue weighted by Crippen LogP contribution is 2.29. The number of ether oxygens (including phenoxy) is 2. The van der Waals surface area contributed by atoms with Gasteiger partial charge in [-0.1, -0.05) is 18.2 Å². The van der Waals surface area contributed by atoms with Crippen LogP contribution in [-0.2, 0) is 12.8 Å². The second kappa shape index (κ2) is 5.86. The van der Waals surface area contributed by atoms with Gasteiger partial charge in [0, 0.05) is 6.07 Å². The van der Waals surface area contributed by atoms with E-state index in [1.165, 1.54) is 13.2 Å². The van der Waals surface area contributed by atoms with Gasteiger partial charge >= 0.3 is 6.18 Å². The lowest BCUT2D eigenvalue weighted by Gasteiger charge is -2.10. The Hall–Kier alpha value is -2.17. The number of hydrogen-bond donors (Lipinski definition) is 0. The molecule has 5 heteroatoms. The van der Waals surface area contributed by atoms with Crippen LogP contribution in [0.15, 0.2) is 48.5 Å². The zero-order valence-corrected chi connectivity index (χ0v) is 10.8. The van der Waals surface area contributed by atoms with Gasteiger partial charge in [0.1, 0.15) is 18.1 Å². The molecule has 0 N–H and O–H groups in total. The maximum Gasteiger partial charge on any atom is 0.416 e. The van der Waals surface area contributed by atoms with Crippen molar-refractivity contribution in [3.63, 3.8) is 0 Å². The van der Waals surface area contributed by atoms with Crippen molar-refractivity contribution in [2.75, 3.05) is 7.11 Å². The van der Waals surface area contributed by atoms with Gasteiger partial charge in [0.15, 0.2) is 0 Å². The van der Waals surface area contributed by atoms with Crippen molar-refractivity contribution in [1.29, 1.82) is 0 Å². The van der Waals surface area contributed by atoms with Crippen LogP contribution < -0.4 is 9.47 Å². The number of hydrogen-bond acceptors (Lipinski definition) is 2. The molecule has 0 radical (unpaired) electrons. The van der Waals surface area contributed by atoms with Crippen molar-refractivity contribution in [3.8, 4) is 11.5 Å². The summed E-state index contributed by atoms with van der Waals surface area (Å²) in [7, 11) is 1.53. The molecule has 0 aliphatic heterocycles. The van der Waals surface area contributed by atoms with Crippen molar-refractivity contribution in [2.45, 2.75) is 12.8 Å². The Kier molecular flexibility index (Phi) is 4.17. The summed E-state index contributed by atoms with van der Waals surface area (Å²) < 4.78 is 48.2. The van der Waals surface area contributed by atoms with Gasteiger partial charge in [0.05, 0.1) is 12.7 Å². The van der Waals surface area contributed by atoms with E-state index in [4.69, 9.17) is 9.47 Å². The van der Waals surface area contributed by atoms with Crippen molar-refractivity contribution in [1.82, 2.24) is 0 Å². The van der Waals surface area contributed by atoms with Crippen LogP contribution in [0, 0.1) is 0 Å². The minimum absolute atomic E-state index is 0.0666. The monoisotopic (exact) mass is 282 g/mol. The lowest BCUT2D eigenvalue weighted by atomic mass is 10.1. The SMILES string of the molecule is COc1cccc(OCc2cccc(C(F)(F)F)c2)c1. The first-order chi connectivity index (χ1) is 9.49. The summed E-state index contributed by atoms with van der Waals surface area (Å²) >= 11 is 0. The first kappa shape index (κ1) is 14.2. The predicted octanol–water partition coefficient (Wildman–Crippen LogP) is 4.29. The highest BCUT2D eigenvalue weighted by molar-refractivity contribution is 5.33. The van der Waals surface area contributed by atoms with E-state index in [1.54, 1.807) is 30.3 Å². The van der Waals surface area contributed by atoms with Gasteiger partial charge < -0.3 is 9.47 Å². The van der Waals surface area contributed by atoms with E-state index in [0.717, 1.165) is 12.1 Å². The number of halogens is 3. The van der Waals surface area contributed by atoms with E-state index in [1.807, 2.05) is 0 Å². The van der Waals surface area contributed by atoms with Crippen molar-refractivity contribution >= 4 is 0 Å². The number of alkyl halides is 3. The quantitative estimate of drug-likeness (QED) is 0.832. The molecule has 0 amide bonds. The third-order valence-electron chi connectivity index (χ3n) is 2.70. The van der Waals surface area contributed by atoms with Crippen LogP contribution in [0.2, 0.25) is 0 Å². The molecule has 20 heavy (non-hydrogen) atoms. The molecule has 0 aliphatic carbocycles. The molecule has 2 aromatic rings. The topological polar surface area (TPSA) is 18.5 Å². The largest absolute Gasteiger partial charge is 0.497 e. The maximum atomic E-state index is 12.6. The van der Waals surface area contributed by atoms with Crippen molar-refractivity contribution in [2.24, 2.45) is 0 Å². The van der Waals surface area contributed by atoms with E-state index in [-0.39, 0.29) is 6.61 Å². The molecule has 0 aliphatic rings. The molecule has 2 nitrogen and oxygen atoms in total. The van der Waals surface area contributed by atoms with Crippen LogP contribution >= 0.6 is 0 Å². The third kappa shape index (κ3) is 3.66. The molecule has 106 valence electrons. The minimum atomic E-state index is -4.34. The fourth-order valence-corrected chi connectivity index (χ4v) is 1.70. The molecule has 0 aromatic heterocycles. The van der Waals surface area contributed by atoms with Crippen LogP contribution in [0.1, 0.15) is 11.1 Å². The van der Waals surface area contributed by atoms with Gasteiger partial charge in [-0.3, -0.25) is 0 Å². The Balaban J connectivity index is 2.07. The molecule has 0 saturated carbocycles. The molecule has 0 saturated heterocycles. The average Bonchev–Trinajstić information content (AvgIpc) is 2.45. The molecule has 0 unspecified atom stereocenters. The van der Waals surface area contributed by atoms with Gasteiger partial charge in [0.2, 0.25) is 0 Å². The van der Waals surface area contributed by atoms with E-state index in [0.29, 0.717) is 17.1 Å². The van der Waals surface area contributed by atoms with E-state index < -0.39 is 11.7 Å². The fourth-order valence-electron chi connectivity index (χ4n) is 1.70. The lowest BCUT2D eigenvalue weighted by Crippen LogP contribution is -2.06. The first-order valence-corrected chi connectivity index (χ1v) is 5.92. The van der Waals surface area contributed by atoms with Crippen LogP contribution in [-0.4, -0.2) is 7.11 Å². The molecule has 0 spiro atoms. The van der Waals surface area contributed by atoms with Crippen molar-refractivity contribution in [3.05, 3.63) is 59.7 Å². The standard InChI is InChI=1S/C15H13F3O2/c1-19-13-6-3-7-14(9-13)20-10-11-4-2-5-12(8-11)15(16,17)18/h2-9H,10H2,1H3. The summed E-state index contributed by atoms with van der Waals surface area (Å²) in [4.78, 5) is 0. The van der Waals surface area contributed by atoms with Gasteiger partial charge in [-0.25, -0.2) is 0 Å². The van der Waals surface area contributed by atoms with E-state index >= 15 is 0 Å². The van der Waals surface area contributed by atoms with Crippen LogP contribution in [0.25, 0.3) is 0 Å². The second-order valence-electron chi connectivity index (χ2n) is 4.17. The molecule has 2 rings (SSSR count). The Morgan fingerprint density at radius 1 is 0.950 bits per heavy atom. The summed E-state index contributed by atoms with van der Waals surface area (Å²) in [6.45, 7) is 0.0666. The highest BCUT2D eigenvalue weighted by atomic mass is 19.4. The molecule has 0 heterocycles. The Labute approximate surface area is 114 Å². The molecule has 0 atom stereocenters. The summed E-state index contributed by atoms with van der Waals surface area (Å²) in [5.41, 5.74) is -0.216. The molecule has 0 bridgehead atoms. The Morgan fingerprint density at radius 3 is 2.35 bits per heavy atom. The normalized spacial score (nSPS) is 11.2. The van der Waals surface area contributed by atoms with Crippen molar-refractivity contribution < 1.29 is 22.6 Å². The summed E-state index contributed by atoms with van der Waals surface area (Å²) in [6.07, 6.45) is -4.34. The summed E-state index contributed by atoms with van der Waals surface area (Å²) in [5.74, 6) is 1.17. The Bertz CT molecular complexity index is 579. The smallest absolute Gasteiger partial charge is 0.416 e. The summed E-state index contributed by atoms with van der Waals surface area (Å²) in [5, 5.41) is 0. The van der Waals surface area contributed by atoms with Crippen LogP contribution in [0.5, 0.6) is 11.5 Å². The third-order valence-corrected chi connectivity index (χ3v) is 2.70. The number of methoxy groups -OCH3 is 1. The molecule has 2 aromatic carbocycles. The zero-order valence-electron chi connectivity index (χ0n) is 10.8. The minimum Gasteiger partial charge on any atom is -0.497 e. The lowest BCUT2D eigenvalue weighted by molar-refractivity contribution is -0.137. The average molecular weight is 282 g/mol. The van der Waals surface area contributed by atoms with Crippen LogP contribution in [0.4, 0.5) is 13.2 Å². The molecular formula is C15H13F3O2. The molecular weight excluding hydrogens is 269 g/mol. The predicted molar refractivity (Wildman–Crippen MR) is 68.8 cm³/mol.